The Balaban J connectivity index is 1.47. The molecular formula is C54H86F3N5O13. The summed E-state index contributed by atoms with van der Waals surface area (Å²) < 4.78 is 79.2. The van der Waals surface area contributed by atoms with Crippen molar-refractivity contribution in [3.05, 3.63) is 53.2 Å². The van der Waals surface area contributed by atoms with Crippen molar-refractivity contribution < 1.29 is 76.7 Å². The van der Waals surface area contributed by atoms with Gasteiger partial charge < -0.3 is 69.5 Å². The summed E-state index contributed by atoms with van der Waals surface area (Å²) in [6, 6.07) is 5.61. The summed E-state index contributed by atoms with van der Waals surface area (Å²) in [6.07, 6.45) is -12.7. The van der Waals surface area contributed by atoms with Crippen LogP contribution in [0.5, 0.6) is 0 Å². The second-order valence-electron chi connectivity index (χ2n) is 22.3. The molecule has 0 radical (unpaired) electrons. The number of nitrogens with one attached hydrogen (secondary N) is 2. The second kappa shape index (κ2) is 25.5. The molecule has 4 heterocycles. The molecule has 7 N–H and O–H groups in total. The molecule has 1 aromatic carbocycles. The molecule has 18 nitrogen and oxygen atoms in total. The number of hydrogen-bond donors (Lipinski definition) is 7. The van der Waals surface area contributed by atoms with Gasteiger partial charge in [0, 0.05) is 63.1 Å². The lowest BCUT2D eigenvalue weighted by molar-refractivity contribution is -0.318. The van der Waals surface area contributed by atoms with Crippen LogP contribution in [0.25, 0.3) is 0 Å². The van der Waals surface area contributed by atoms with E-state index < -0.39 is 114 Å². The SMILES string of the molecule is CC[C@H]1OC(=O)[C@H](C)[C@@H](O[C@H]2C[C@@](C)(OC)[C@@H](O)[C@H](C)O2)[C@H](C)[C@@H](O[C@@H]2O[C@H](C)C[C@H](N(C)C)[C@H]2O)[C@](C)(O)C[C@@H](C)CN(CCCNC(=O)c2cccnc2Nc2cccc(C(F)(F)F)c2C)[C@H](C)[C@@H](O)[C@]1(C)O. The molecule has 426 valence electrons. The zero-order valence-electron chi connectivity index (χ0n) is 46.3. The lowest BCUT2D eigenvalue weighted by Gasteiger charge is -2.48. The van der Waals surface area contributed by atoms with E-state index in [1.807, 2.05) is 37.7 Å². The fourth-order valence-electron chi connectivity index (χ4n) is 11.4. The van der Waals surface area contributed by atoms with E-state index in [1.165, 1.54) is 45.4 Å². The lowest BCUT2D eigenvalue weighted by atomic mass is 9.77. The zero-order chi connectivity index (χ0) is 56.1. The van der Waals surface area contributed by atoms with Gasteiger partial charge in [-0.2, -0.15) is 13.2 Å². The maximum absolute atomic E-state index is 14.6. The summed E-state index contributed by atoms with van der Waals surface area (Å²) in [5.41, 5.74) is -5.49. The molecular weight excluding hydrogens is 984 g/mol. The second-order valence-corrected chi connectivity index (χ2v) is 22.3. The molecule has 2 aromatic rings. The number of likely N-dealkylation sites (N-methyl/N-ethyl adjacent to an activating group) is 1. The van der Waals surface area contributed by atoms with Crippen LogP contribution in [0.15, 0.2) is 36.5 Å². The summed E-state index contributed by atoms with van der Waals surface area (Å²) in [7, 11) is 5.18. The normalized spacial score (nSPS) is 38.1. The number of esters is 1. The maximum Gasteiger partial charge on any atom is 0.416 e. The van der Waals surface area contributed by atoms with Gasteiger partial charge >= 0.3 is 12.1 Å². The maximum atomic E-state index is 14.6. The molecule has 3 fully saturated rings. The molecule has 21 heteroatoms. The van der Waals surface area contributed by atoms with E-state index in [1.54, 1.807) is 54.5 Å². The molecule has 1 aromatic heterocycles. The standard InChI is InChI=1S/C54H86F3N5O13/c1-15-40-53(11,69)44(64)34(7)62(24-18-23-59-48(66)36-19-17-22-58-47(36)60-38-21-16-20-37(31(38)4)54(55,56)57)28-29(2)26-51(9,68)46(75-50-42(63)39(61(12)13)25-30(3)71-50)32(5)43(33(6)49(67)73-40)74-41-27-52(10,70-14)45(65)35(8)72-41/h16-17,19-22,29-30,32-35,39-46,50,63-65,68-69H,15,18,23-28H2,1-14H3,(H,58,60)(H,59,66)/t29-,30-,32+,33-,34-,35+,39+,40-,41+,42-,43+,44-,45+,46-,50+,51-,52-,53-/m1/s1. The quantitative estimate of drug-likeness (QED) is 0.0907. The number of carbonyl (C=O) groups excluding carboxylic acids is 2. The van der Waals surface area contributed by atoms with Gasteiger partial charge in [-0.3, -0.25) is 14.5 Å². The summed E-state index contributed by atoms with van der Waals surface area (Å²) in [5, 5.41) is 66.0. The third kappa shape index (κ3) is 14.8. The Hall–Kier alpha value is -3.58. The fraction of sp³-hybridized carbons (Fsp3) is 0.759. The first-order valence-electron chi connectivity index (χ1n) is 26.3. The summed E-state index contributed by atoms with van der Waals surface area (Å²) >= 11 is 0. The van der Waals surface area contributed by atoms with Gasteiger partial charge in [0.15, 0.2) is 12.6 Å². The van der Waals surface area contributed by atoms with Crippen molar-refractivity contribution in [2.75, 3.05) is 46.2 Å². The van der Waals surface area contributed by atoms with E-state index in [9.17, 15) is 48.3 Å². The van der Waals surface area contributed by atoms with Gasteiger partial charge in [-0.25, -0.2) is 4.98 Å². The van der Waals surface area contributed by atoms with Crippen LogP contribution in [0, 0.1) is 24.7 Å². The first kappa shape index (κ1) is 62.3. The van der Waals surface area contributed by atoms with Crippen LogP contribution in [0.2, 0.25) is 0 Å². The number of pyridine rings is 1. The Morgan fingerprint density at radius 1 is 0.973 bits per heavy atom. The van der Waals surface area contributed by atoms with Crippen LogP contribution in [-0.4, -0.2) is 183 Å². The number of aliphatic hydroxyl groups excluding tert-OH is 3. The lowest BCUT2D eigenvalue weighted by Crippen LogP contribution is -2.60. The molecule has 0 spiro atoms. The number of halogens is 3. The van der Waals surface area contributed by atoms with E-state index >= 15 is 0 Å². The number of aromatic nitrogens is 1. The highest BCUT2D eigenvalue weighted by Crippen LogP contribution is 2.41. The van der Waals surface area contributed by atoms with Gasteiger partial charge in [0.1, 0.15) is 35.8 Å². The van der Waals surface area contributed by atoms with Gasteiger partial charge in [0.05, 0.1) is 52.7 Å². The third-order valence-electron chi connectivity index (χ3n) is 15.9. The highest BCUT2D eigenvalue weighted by Gasteiger charge is 2.53. The minimum Gasteiger partial charge on any atom is -0.459 e. The molecule has 18 atom stereocenters. The Labute approximate surface area is 440 Å². The van der Waals surface area contributed by atoms with Crippen LogP contribution in [-0.2, 0) is 39.4 Å². The Morgan fingerprint density at radius 2 is 1.65 bits per heavy atom. The molecule has 3 aliphatic rings. The van der Waals surface area contributed by atoms with Gasteiger partial charge in [0.2, 0.25) is 0 Å². The number of methoxy groups -OCH3 is 1. The van der Waals surface area contributed by atoms with E-state index in [0.717, 1.165) is 6.07 Å². The highest BCUT2D eigenvalue weighted by atomic mass is 19.4. The van der Waals surface area contributed by atoms with E-state index in [0.29, 0.717) is 12.8 Å². The predicted molar refractivity (Wildman–Crippen MR) is 274 cm³/mol. The molecule has 0 bridgehead atoms. The number of rotatable bonds is 14. The number of alkyl halides is 3. The summed E-state index contributed by atoms with van der Waals surface area (Å²) in [4.78, 5) is 36.4. The van der Waals surface area contributed by atoms with E-state index in [4.69, 9.17) is 28.4 Å². The number of hydrogen-bond acceptors (Lipinski definition) is 17. The number of benzene rings is 1. The molecule has 75 heavy (non-hydrogen) atoms. The van der Waals surface area contributed by atoms with Crippen molar-refractivity contribution in [1.82, 2.24) is 20.1 Å². The Morgan fingerprint density at radius 3 is 2.28 bits per heavy atom. The van der Waals surface area contributed by atoms with Crippen molar-refractivity contribution in [1.29, 1.82) is 0 Å². The molecule has 3 saturated heterocycles. The van der Waals surface area contributed by atoms with Crippen molar-refractivity contribution in [3.8, 4) is 0 Å². The molecule has 0 saturated carbocycles. The smallest absolute Gasteiger partial charge is 0.416 e. The fourth-order valence-corrected chi connectivity index (χ4v) is 11.4. The molecule has 0 aliphatic carbocycles. The number of amides is 1. The van der Waals surface area contributed by atoms with Crippen LogP contribution in [0.4, 0.5) is 24.7 Å². The van der Waals surface area contributed by atoms with Crippen molar-refractivity contribution in [2.24, 2.45) is 17.8 Å². The van der Waals surface area contributed by atoms with Crippen molar-refractivity contribution in [3.63, 3.8) is 0 Å². The Kier molecular flexibility index (Phi) is 21.1. The number of aliphatic hydroxyl groups is 5. The van der Waals surface area contributed by atoms with Crippen molar-refractivity contribution >= 4 is 23.4 Å². The number of ether oxygens (including phenoxy) is 6. The number of anilines is 2. The number of carbonyl (C=O) groups is 2. The molecule has 1 amide bonds. The van der Waals surface area contributed by atoms with Crippen LogP contribution >= 0.6 is 0 Å². The van der Waals surface area contributed by atoms with Gasteiger partial charge in [-0.05, 0) is 131 Å². The minimum atomic E-state index is -4.58. The Bertz CT molecular complexity index is 2190. The third-order valence-corrected chi connectivity index (χ3v) is 15.9. The van der Waals surface area contributed by atoms with E-state index in [-0.39, 0.29) is 79.6 Å². The van der Waals surface area contributed by atoms with Crippen LogP contribution < -0.4 is 10.6 Å². The average molecular weight is 1070 g/mol. The summed E-state index contributed by atoms with van der Waals surface area (Å²) in [5.74, 6) is -3.62. The van der Waals surface area contributed by atoms with Crippen LogP contribution in [0.1, 0.15) is 123 Å². The van der Waals surface area contributed by atoms with Gasteiger partial charge in [-0.1, -0.05) is 26.8 Å². The van der Waals surface area contributed by atoms with Crippen molar-refractivity contribution in [2.45, 2.75) is 205 Å². The summed E-state index contributed by atoms with van der Waals surface area (Å²) in [6.45, 7) is 19.0. The van der Waals surface area contributed by atoms with E-state index in [2.05, 4.69) is 15.6 Å². The van der Waals surface area contributed by atoms with Crippen LogP contribution in [0.3, 0.4) is 0 Å². The minimum absolute atomic E-state index is 0.0559. The largest absolute Gasteiger partial charge is 0.459 e. The molecule has 0 unspecified atom stereocenters. The first-order valence-corrected chi connectivity index (χ1v) is 26.3. The molecule has 5 rings (SSSR count). The monoisotopic (exact) mass is 1070 g/mol. The molecule has 3 aliphatic heterocycles. The number of cyclic esters (lactones) is 1. The topological polar surface area (TPSA) is 234 Å². The zero-order valence-corrected chi connectivity index (χ0v) is 46.3. The van der Waals surface area contributed by atoms with Gasteiger partial charge in [-0.15, -0.1) is 0 Å². The number of nitrogens with zero attached hydrogens (tertiary/aromatic N) is 3. The first-order chi connectivity index (χ1) is 34.9. The average Bonchev–Trinajstić information content (AvgIpc) is 3.33. The highest BCUT2D eigenvalue weighted by molar-refractivity contribution is 5.99. The predicted octanol–water partition coefficient (Wildman–Crippen LogP) is 5.56. The van der Waals surface area contributed by atoms with Gasteiger partial charge in [0.25, 0.3) is 5.91 Å².